The van der Waals surface area contributed by atoms with Gasteiger partial charge in [0.05, 0.1) is 30.5 Å². The van der Waals surface area contributed by atoms with Crippen molar-refractivity contribution in [1.82, 2.24) is 4.90 Å². The molecule has 2 heterocycles. The van der Waals surface area contributed by atoms with E-state index in [-0.39, 0.29) is 24.8 Å². The number of hydrogen-bond acceptors (Lipinski definition) is 5. The van der Waals surface area contributed by atoms with Gasteiger partial charge in [0.15, 0.2) is 0 Å². The molecule has 128 valence electrons. The largest absolute Gasteiger partial charge is 0.467 e. The summed E-state index contributed by atoms with van der Waals surface area (Å²) in [5, 5.41) is 13.4. The number of anilines is 1. The monoisotopic (exact) mass is 341 g/mol. The SMILES string of the molecule is O=C(Nc1ccc([N+](=O)[O-])cc1)N(Cc1ccco1)Cc1ccco1. The van der Waals surface area contributed by atoms with Crippen molar-refractivity contribution in [3.8, 4) is 0 Å². The van der Waals surface area contributed by atoms with E-state index in [2.05, 4.69) is 5.32 Å². The van der Waals surface area contributed by atoms with Gasteiger partial charge in [-0.3, -0.25) is 10.1 Å². The molecular formula is C17H15N3O5. The molecule has 0 saturated heterocycles. The number of furan rings is 2. The van der Waals surface area contributed by atoms with E-state index in [1.165, 1.54) is 41.7 Å². The van der Waals surface area contributed by atoms with Crippen LogP contribution in [0.3, 0.4) is 0 Å². The summed E-state index contributed by atoms with van der Waals surface area (Å²) in [7, 11) is 0. The highest BCUT2D eigenvalue weighted by atomic mass is 16.6. The van der Waals surface area contributed by atoms with Gasteiger partial charge in [0.1, 0.15) is 11.5 Å². The first-order valence-electron chi connectivity index (χ1n) is 7.47. The molecule has 3 aromatic rings. The Balaban J connectivity index is 1.72. The van der Waals surface area contributed by atoms with Crippen LogP contribution in [0.2, 0.25) is 0 Å². The number of hydrogen-bond donors (Lipinski definition) is 1. The summed E-state index contributed by atoms with van der Waals surface area (Å²) in [5.74, 6) is 1.26. The fourth-order valence-corrected chi connectivity index (χ4v) is 2.25. The lowest BCUT2D eigenvalue weighted by Gasteiger charge is -2.21. The minimum absolute atomic E-state index is 0.0407. The molecule has 3 rings (SSSR count). The van der Waals surface area contributed by atoms with Crippen LogP contribution in [-0.2, 0) is 13.1 Å². The quantitative estimate of drug-likeness (QED) is 0.539. The van der Waals surface area contributed by atoms with E-state index in [0.29, 0.717) is 17.2 Å². The van der Waals surface area contributed by atoms with Gasteiger partial charge in [-0.15, -0.1) is 0 Å². The van der Waals surface area contributed by atoms with E-state index >= 15 is 0 Å². The van der Waals surface area contributed by atoms with Crippen molar-refractivity contribution in [1.29, 1.82) is 0 Å². The lowest BCUT2D eigenvalue weighted by atomic mass is 10.3. The summed E-state index contributed by atoms with van der Waals surface area (Å²) in [6.07, 6.45) is 3.07. The second kappa shape index (κ2) is 7.35. The fourth-order valence-electron chi connectivity index (χ4n) is 2.25. The van der Waals surface area contributed by atoms with Gasteiger partial charge in [-0.25, -0.2) is 4.79 Å². The zero-order valence-corrected chi connectivity index (χ0v) is 13.1. The normalized spacial score (nSPS) is 10.4. The van der Waals surface area contributed by atoms with Crippen LogP contribution in [0.5, 0.6) is 0 Å². The lowest BCUT2D eigenvalue weighted by molar-refractivity contribution is -0.384. The average Bonchev–Trinajstić information content (AvgIpc) is 3.28. The summed E-state index contributed by atoms with van der Waals surface area (Å²) in [4.78, 5) is 24.3. The van der Waals surface area contributed by atoms with Crippen LogP contribution in [0.4, 0.5) is 16.2 Å². The van der Waals surface area contributed by atoms with Crippen LogP contribution in [0.15, 0.2) is 69.9 Å². The number of amides is 2. The third kappa shape index (κ3) is 4.25. The van der Waals surface area contributed by atoms with Gasteiger partial charge >= 0.3 is 6.03 Å². The molecule has 0 aliphatic rings. The number of nitrogens with one attached hydrogen (secondary N) is 1. The molecule has 0 spiro atoms. The van der Waals surface area contributed by atoms with E-state index in [4.69, 9.17) is 8.83 Å². The molecule has 0 aliphatic heterocycles. The molecule has 0 atom stereocenters. The predicted octanol–water partition coefficient (Wildman–Crippen LogP) is 4.02. The van der Waals surface area contributed by atoms with Crippen LogP contribution in [0.1, 0.15) is 11.5 Å². The molecule has 8 nitrogen and oxygen atoms in total. The van der Waals surface area contributed by atoms with Crippen molar-refractivity contribution >= 4 is 17.4 Å². The van der Waals surface area contributed by atoms with Crippen molar-refractivity contribution < 1.29 is 18.6 Å². The Hall–Kier alpha value is -3.55. The number of carbonyl (C=O) groups excluding carboxylic acids is 1. The lowest BCUT2D eigenvalue weighted by Crippen LogP contribution is -2.33. The number of non-ortho nitro benzene ring substituents is 1. The molecule has 8 heteroatoms. The molecule has 0 bridgehead atoms. The van der Waals surface area contributed by atoms with Gasteiger partial charge in [-0.1, -0.05) is 0 Å². The molecule has 2 aromatic heterocycles. The molecule has 25 heavy (non-hydrogen) atoms. The number of rotatable bonds is 6. The van der Waals surface area contributed by atoms with Crippen LogP contribution < -0.4 is 5.32 Å². The van der Waals surface area contributed by atoms with Crippen LogP contribution in [-0.4, -0.2) is 15.9 Å². The molecule has 0 unspecified atom stereocenters. The summed E-state index contributed by atoms with van der Waals surface area (Å²) >= 11 is 0. The van der Waals surface area contributed by atoms with E-state index in [9.17, 15) is 14.9 Å². The second-order valence-electron chi connectivity index (χ2n) is 5.25. The Kier molecular flexibility index (Phi) is 4.79. The third-order valence-electron chi connectivity index (χ3n) is 3.47. The standard InChI is InChI=1S/C17H15N3O5/c21-17(18-13-5-7-14(8-6-13)20(22)23)19(11-15-3-1-9-24-15)12-16-4-2-10-25-16/h1-10H,11-12H2,(H,18,21). The maximum atomic E-state index is 12.6. The highest BCUT2D eigenvalue weighted by Crippen LogP contribution is 2.17. The van der Waals surface area contributed by atoms with E-state index in [1.54, 1.807) is 24.3 Å². The maximum Gasteiger partial charge on any atom is 0.322 e. The number of nitro groups is 1. The minimum atomic E-state index is -0.494. The van der Waals surface area contributed by atoms with Gasteiger partial charge in [0.2, 0.25) is 0 Å². The Bertz CT molecular complexity index is 790. The Morgan fingerprint density at radius 3 is 2.00 bits per heavy atom. The van der Waals surface area contributed by atoms with Crippen LogP contribution in [0.25, 0.3) is 0 Å². The third-order valence-corrected chi connectivity index (χ3v) is 3.47. The van der Waals surface area contributed by atoms with Crippen molar-refractivity contribution in [2.24, 2.45) is 0 Å². The molecule has 0 fully saturated rings. The first-order chi connectivity index (χ1) is 12.1. The van der Waals surface area contributed by atoms with E-state index < -0.39 is 4.92 Å². The zero-order valence-electron chi connectivity index (χ0n) is 13.1. The van der Waals surface area contributed by atoms with E-state index in [1.807, 2.05) is 0 Å². The van der Waals surface area contributed by atoms with Crippen LogP contribution in [0, 0.1) is 10.1 Å². The highest BCUT2D eigenvalue weighted by Gasteiger charge is 2.17. The Labute approximate surface area is 142 Å². The number of nitrogens with zero attached hydrogens (tertiary/aromatic N) is 2. The minimum Gasteiger partial charge on any atom is -0.467 e. The van der Waals surface area contributed by atoms with Gasteiger partial charge < -0.3 is 19.1 Å². The zero-order chi connectivity index (χ0) is 17.6. The summed E-state index contributed by atoms with van der Waals surface area (Å²) in [6.45, 7) is 0.513. The van der Waals surface area contributed by atoms with Crippen molar-refractivity contribution in [2.45, 2.75) is 13.1 Å². The van der Waals surface area contributed by atoms with Gasteiger partial charge in [-0.05, 0) is 36.4 Å². The fraction of sp³-hybridized carbons (Fsp3) is 0.118. The van der Waals surface area contributed by atoms with Crippen molar-refractivity contribution in [2.75, 3.05) is 5.32 Å². The van der Waals surface area contributed by atoms with Gasteiger partial charge in [-0.2, -0.15) is 0 Å². The molecule has 0 aliphatic carbocycles. The summed E-state index contributed by atoms with van der Waals surface area (Å²) in [5.41, 5.74) is 0.417. The van der Waals surface area contributed by atoms with Gasteiger partial charge in [0.25, 0.3) is 5.69 Å². The molecule has 0 radical (unpaired) electrons. The second-order valence-corrected chi connectivity index (χ2v) is 5.25. The number of benzene rings is 1. The molecule has 0 saturated carbocycles. The topological polar surface area (TPSA) is 102 Å². The highest BCUT2D eigenvalue weighted by molar-refractivity contribution is 5.89. The van der Waals surface area contributed by atoms with Gasteiger partial charge in [0, 0.05) is 17.8 Å². The summed E-state index contributed by atoms with van der Waals surface area (Å²) in [6, 6.07) is 12.3. The van der Waals surface area contributed by atoms with Crippen LogP contribution >= 0.6 is 0 Å². The molecule has 2 amide bonds. The van der Waals surface area contributed by atoms with Crippen molar-refractivity contribution in [3.05, 3.63) is 82.7 Å². The Morgan fingerprint density at radius 2 is 1.56 bits per heavy atom. The first kappa shape index (κ1) is 16.3. The van der Waals surface area contributed by atoms with Crippen molar-refractivity contribution in [3.63, 3.8) is 0 Å². The number of carbonyl (C=O) groups is 1. The molecular weight excluding hydrogens is 326 g/mol. The predicted molar refractivity (Wildman–Crippen MR) is 88.8 cm³/mol. The average molecular weight is 341 g/mol. The number of urea groups is 1. The molecule has 1 aromatic carbocycles. The first-order valence-corrected chi connectivity index (χ1v) is 7.47. The van der Waals surface area contributed by atoms with E-state index in [0.717, 1.165) is 0 Å². The summed E-state index contributed by atoms with van der Waals surface area (Å²) < 4.78 is 10.6. The molecule has 1 N–H and O–H groups in total. The number of nitro benzene ring substituents is 1. The maximum absolute atomic E-state index is 12.6. The smallest absolute Gasteiger partial charge is 0.322 e. The Morgan fingerprint density at radius 1 is 1.00 bits per heavy atom.